The van der Waals surface area contributed by atoms with E-state index in [1.165, 1.54) is 0 Å². The maximum Gasteiger partial charge on any atom is 0.133 e. The Kier molecular flexibility index (Phi) is 2.74. The van der Waals surface area contributed by atoms with Gasteiger partial charge < -0.3 is 0 Å². The number of pyridine rings is 1. The minimum atomic E-state index is 0.429. The number of hydrogen-bond acceptors (Lipinski definition) is 1. The second-order valence-corrected chi connectivity index (χ2v) is 3.11. The van der Waals surface area contributed by atoms with Crippen LogP contribution in [0.15, 0.2) is 6.07 Å². The highest BCUT2D eigenvalue weighted by Gasteiger charge is 2.04. The second-order valence-electron chi connectivity index (χ2n) is 2.48. The van der Waals surface area contributed by atoms with Gasteiger partial charge in [0.25, 0.3) is 0 Å². The van der Waals surface area contributed by atoms with Gasteiger partial charge in [0.2, 0.25) is 0 Å². The summed E-state index contributed by atoms with van der Waals surface area (Å²) in [6.45, 7) is 3.90. The Morgan fingerprint density at radius 3 is 2.55 bits per heavy atom. The summed E-state index contributed by atoms with van der Waals surface area (Å²) < 4.78 is 0. The van der Waals surface area contributed by atoms with E-state index in [9.17, 15) is 0 Å². The van der Waals surface area contributed by atoms with Gasteiger partial charge in [-0.1, -0.05) is 11.6 Å². The summed E-state index contributed by atoms with van der Waals surface area (Å²) in [7, 11) is 0. The fourth-order valence-corrected chi connectivity index (χ4v) is 1.73. The molecule has 0 aliphatic heterocycles. The van der Waals surface area contributed by atoms with Crippen LogP contribution in [-0.4, -0.2) is 4.98 Å². The summed E-state index contributed by atoms with van der Waals surface area (Å²) in [5.41, 5.74) is 2.97. The monoisotopic (exact) mass is 189 g/mol. The van der Waals surface area contributed by atoms with E-state index >= 15 is 0 Å². The lowest BCUT2D eigenvalue weighted by Gasteiger charge is -2.04. The quantitative estimate of drug-likeness (QED) is 0.489. The average Bonchev–Trinajstić information content (AvgIpc) is 1.85. The molecule has 0 aliphatic carbocycles. The summed E-state index contributed by atoms with van der Waals surface area (Å²) in [6.07, 6.45) is 0. The van der Waals surface area contributed by atoms with Gasteiger partial charge >= 0.3 is 0 Å². The molecule has 3 heteroatoms. The molecule has 1 aromatic heterocycles. The standard InChI is InChI=1S/C8H9Cl2N/c1-5-3-6(2)11-8(10)7(5)4-9/h3H,4H2,1-2H3. The van der Waals surface area contributed by atoms with Crippen molar-refractivity contribution in [2.75, 3.05) is 0 Å². The predicted molar refractivity (Wildman–Crippen MR) is 48.3 cm³/mol. The van der Waals surface area contributed by atoms with Gasteiger partial charge in [-0.3, -0.25) is 0 Å². The van der Waals surface area contributed by atoms with Crippen LogP contribution in [0.25, 0.3) is 0 Å². The fourth-order valence-electron chi connectivity index (χ4n) is 0.978. The van der Waals surface area contributed by atoms with Crippen molar-refractivity contribution < 1.29 is 0 Å². The zero-order chi connectivity index (χ0) is 8.43. The van der Waals surface area contributed by atoms with E-state index in [-0.39, 0.29) is 0 Å². The van der Waals surface area contributed by atoms with Gasteiger partial charge in [0.1, 0.15) is 5.15 Å². The molecular weight excluding hydrogens is 181 g/mol. The number of nitrogens with zero attached hydrogens (tertiary/aromatic N) is 1. The number of alkyl halides is 1. The molecule has 11 heavy (non-hydrogen) atoms. The van der Waals surface area contributed by atoms with Crippen LogP contribution in [0, 0.1) is 13.8 Å². The number of aromatic nitrogens is 1. The molecule has 0 amide bonds. The van der Waals surface area contributed by atoms with Crippen LogP contribution in [0.1, 0.15) is 16.8 Å². The molecule has 1 heterocycles. The fraction of sp³-hybridized carbons (Fsp3) is 0.375. The van der Waals surface area contributed by atoms with Gasteiger partial charge in [-0.25, -0.2) is 4.98 Å². The van der Waals surface area contributed by atoms with E-state index in [0.717, 1.165) is 16.8 Å². The Bertz CT molecular complexity index is 248. The van der Waals surface area contributed by atoms with Crippen molar-refractivity contribution in [3.05, 3.63) is 28.0 Å². The van der Waals surface area contributed by atoms with Crippen LogP contribution < -0.4 is 0 Å². The minimum Gasteiger partial charge on any atom is -0.241 e. The number of aryl methyl sites for hydroxylation is 2. The normalized spacial score (nSPS) is 10.2. The zero-order valence-corrected chi connectivity index (χ0v) is 8.00. The highest BCUT2D eigenvalue weighted by Crippen LogP contribution is 2.19. The molecule has 0 spiro atoms. The molecule has 1 rings (SSSR count). The average molecular weight is 190 g/mol. The lowest BCUT2D eigenvalue weighted by Crippen LogP contribution is -1.92. The first-order valence-corrected chi connectivity index (χ1v) is 4.25. The van der Waals surface area contributed by atoms with E-state index in [1.807, 2.05) is 19.9 Å². The maximum absolute atomic E-state index is 5.84. The molecule has 60 valence electrons. The first-order chi connectivity index (χ1) is 5.15. The smallest absolute Gasteiger partial charge is 0.133 e. The summed E-state index contributed by atoms with van der Waals surface area (Å²) in [5, 5.41) is 0.525. The van der Waals surface area contributed by atoms with Gasteiger partial charge in [0, 0.05) is 11.3 Å². The van der Waals surface area contributed by atoms with Gasteiger partial charge in [-0.05, 0) is 25.5 Å². The highest BCUT2D eigenvalue weighted by molar-refractivity contribution is 6.31. The van der Waals surface area contributed by atoms with Crippen molar-refractivity contribution in [3.63, 3.8) is 0 Å². The molecule has 0 N–H and O–H groups in total. The largest absolute Gasteiger partial charge is 0.241 e. The van der Waals surface area contributed by atoms with Crippen molar-refractivity contribution in [1.82, 2.24) is 4.98 Å². The summed E-state index contributed by atoms with van der Waals surface area (Å²) in [5.74, 6) is 0.429. The lowest BCUT2D eigenvalue weighted by atomic mass is 10.1. The van der Waals surface area contributed by atoms with E-state index in [1.54, 1.807) is 0 Å². The van der Waals surface area contributed by atoms with Crippen LogP contribution in [-0.2, 0) is 5.88 Å². The van der Waals surface area contributed by atoms with E-state index in [0.29, 0.717) is 11.0 Å². The predicted octanol–water partition coefficient (Wildman–Crippen LogP) is 3.09. The van der Waals surface area contributed by atoms with E-state index in [4.69, 9.17) is 23.2 Å². The van der Waals surface area contributed by atoms with Gasteiger partial charge in [-0.15, -0.1) is 11.6 Å². The molecule has 1 nitrogen and oxygen atoms in total. The Morgan fingerprint density at radius 2 is 2.09 bits per heavy atom. The third-order valence-corrected chi connectivity index (χ3v) is 2.14. The van der Waals surface area contributed by atoms with E-state index in [2.05, 4.69) is 4.98 Å². The highest BCUT2D eigenvalue weighted by atomic mass is 35.5. The Balaban J connectivity index is 3.25. The molecule has 0 saturated carbocycles. The van der Waals surface area contributed by atoms with Gasteiger partial charge in [0.05, 0.1) is 5.88 Å². The summed E-state index contributed by atoms with van der Waals surface area (Å²) in [6, 6.07) is 1.98. The van der Waals surface area contributed by atoms with Crippen molar-refractivity contribution >= 4 is 23.2 Å². The van der Waals surface area contributed by atoms with Crippen molar-refractivity contribution in [2.24, 2.45) is 0 Å². The van der Waals surface area contributed by atoms with Crippen LogP contribution in [0.4, 0.5) is 0 Å². The Labute approximate surface area is 76.4 Å². The molecule has 0 radical (unpaired) electrons. The third-order valence-electron chi connectivity index (χ3n) is 1.56. The van der Waals surface area contributed by atoms with Crippen molar-refractivity contribution in [2.45, 2.75) is 19.7 Å². The van der Waals surface area contributed by atoms with Gasteiger partial charge in [0.15, 0.2) is 0 Å². The van der Waals surface area contributed by atoms with E-state index < -0.39 is 0 Å². The number of halogens is 2. The minimum absolute atomic E-state index is 0.429. The zero-order valence-electron chi connectivity index (χ0n) is 6.49. The van der Waals surface area contributed by atoms with Crippen LogP contribution in [0.2, 0.25) is 5.15 Å². The lowest BCUT2D eigenvalue weighted by molar-refractivity contribution is 1.13. The number of hydrogen-bond donors (Lipinski definition) is 0. The van der Waals surface area contributed by atoms with Crippen LogP contribution in [0.5, 0.6) is 0 Å². The Hall–Kier alpha value is -0.270. The molecule has 0 aliphatic rings. The molecule has 0 atom stereocenters. The molecule has 0 aromatic carbocycles. The summed E-state index contributed by atoms with van der Waals surface area (Å²) in [4.78, 5) is 4.09. The molecule has 1 aromatic rings. The second kappa shape index (κ2) is 3.42. The maximum atomic E-state index is 5.84. The van der Waals surface area contributed by atoms with Crippen molar-refractivity contribution in [1.29, 1.82) is 0 Å². The molecule has 0 unspecified atom stereocenters. The van der Waals surface area contributed by atoms with Crippen molar-refractivity contribution in [3.8, 4) is 0 Å². The SMILES string of the molecule is Cc1cc(C)c(CCl)c(Cl)n1. The number of rotatable bonds is 1. The first kappa shape index (κ1) is 8.82. The molecule has 0 fully saturated rings. The topological polar surface area (TPSA) is 12.9 Å². The Morgan fingerprint density at radius 1 is 1.45 bits per heavy atom. The van der Waals surface area contributed by atoms with Crippen LogP contribution in [0.3, 0.4) is 0 Å². The molecule has 0 saturated heterocycles. The molecular formula is C8H9Cl2N. The molecule has 0 bridgehead atoms. The third kappa shape index (κ3) is 1.85. The van der Waals surface area contributed by atoms with Crippen LogP contribution >= 0.6 is 23.2 Å². The first-order valence-electron chi connectivity index (χ1n) is 3.33. The van der Waals surface area contributed by atoms with Gasteiger partial charge in [-0.2, -0.15) is 0 Å². The summed E-state index contributed by atoms with van der Waals surface area (Å²) >= 11 is 11.5.